The molecule has 4 nitrogen and oxygen atoms in total. The van der Waals surface area contributed by atoms with Crippen LogP contribution in [0.5, 0.6) is 0 Å². The van der Waals surface area contributed by atoms with Gasteiger partial charge in [0, 0.05) is 25.4 Å². The van der Waals surface area contributed by atoms with Gasteiger partial charge in [-0.15, -0.1) is 0 Å². The maximum atomic E-state index is 12.2. The Labute approximate surface area is 104 Å². The lowest BCUT2D eigenvalue weighted by Crippen LogP contribution is -2.44. The minimum atomic E-state index is -0.335. The molecule has 1 saturated heterocycles. The third-order valence-corrected chi connectivity index (χ3v) is 3.00. The van der Waals surface area contributed by atoms with Gasteiger partial charge in [0.1, 0.15) is 0 Å². The molecule has 0 N–H and O–H groups in total. The topological polar surface area (TPSA) is 50.3 Å². The number of hydrogen-bond acceptors (Lipinski definition) is 3. The Balaban J connectivity index is 2.20. The molecule has 0 saturated carbocycles. The molecule has 18 heavy (non-hydrogen) atoms. The Hall–Kier alpha value is -2.04. The van der Waals surface area contributed by atoms with Crippen LogP contribution in [0.3, 0.4) is 0 Å². The van der Waals surface area contributed by atoms with E-state index in [1.54, 1.807) is 24.5 Å². The van der Waals surface area contributed by atoms with Crippen molar-refractivity contribution in [3.8, 4) is 0 Å². The quantitative estimate of drug-likeness (QED) is 0.766. The third kappa shape index (κ3) is 2.45. The summed E-state index contributed by atoms with van der Waals surface area (Å²) in [6, 6.07) is 3.53. The number of likely N-dealkylation sites (tertiary alicyclic amines) is 1. The third-order valence-electron chi connectivity index (χ3n) is 3.00. The van der Waals surface area contributed by atoms with Gasteiger partial charge in [-0.2, -0.15) is 0 Å². The van der Waals surface area contributed by atoms with E-state index in [1.807, 2.05) is 0 Å². The van der Waals surface area contributed by atoms with E-state index in [0.29, 0.717) is 19.2 Å². The first-order chi connectivity index (χ1) is 8.74. The maximum Gasteiger partial charge on any atom is 0.237 e. The molecule has 0 spiro atoms. The minimum absolute atomic E-state index is 0.00422. The zero-order chi connectivity index (χ0) is 13.0. The number of halogens is 1. The zero-order valence-electron chi connectivity index (χ0n) is 9.75. The van der Waals surface area contributed by atoms with Crippen molar-refractivity contribution in [2.45, 2.75) is 18.8 Å². The first-order valence-electron chi connectivity index (χ1n) is 5.73. The molecule has 2 heterocycles. The van der Waals surface area contributed by atoms with Crippen LogP contribution in [0.1, 0.15) is 24.3 Å². The van der Waals surface area contributed by atoms with Crippen LogP contribution in [0.15, 0.2) is 36.9 Å². The molecule has 0 radical (unpaired) electrons. The molecule has 94 valence electrons. The average molecular weight is 248 g/mol. The van der Waals surface area contributed by atoms with E-state index in [1.165, 1.54) is 0 Å². The number of imide groups is 1. The molecule has 1 atom stereocenters. The van der Waals surface area contributed by atoms with Crippen molar-refractivity contribution in [3.63, 3.8) is 0 Å². The summed E-state index contributed by atoms with van der Waals surface area (Å²) in [6.07, 6.45) is 5.54. The number of piperidine rings is 1. The van der Waals surface area contributed by atoms with Gasteiger partial charge in [0.25, 0.3) is 0 Å². The Kier molecular flexibility index (Phi) is 3.82. The molecule has 1 aliphatic rings. The lowest BCUT2D eigenvalue weighted by Gasteiger charge is -2.29. The molecule has 1 unspecified atom stereocenters. The van der Waals surface area contributed by atoms with Gasteiger partial charge in [0.15, 0.2) is 0 Å². The number of aromatic nitrogens is 1. The van der Waals surface area contributed by atoms with Crippen LogP contribution in [0.25, 0.3) is 0 Å². The van der Waals surface area contributed by atoms with Crippen molar-refractivity contribution in [3.05, 3.63) is 42.5 Å². The molecule has 2 rings (SSSR count). The summed E-state index contributed by atoms with van der Waals surface area (Å²) in [4.78, 5) is 28.8. The fourth-order valence-electron chi connectivity index (χ4n) is 2.08. The first-order valence-corrected chi connectivity index (χ1v) is 5.73. The van der Waals surface area contributed by atoms with E-state index in [2.05, 4.69) is 4.98 Å². The largest absolute Gasteiger partial charge is 0.278 e. The molecule has 1 aromatic rings. The molecular weight excluding hydrogens is 235 g/mol. The molecule has 0 bridgehead atoms. The summed E-state index contributed by atoms with van der Waals surface area (Å²) in [7, 11) is 0. The van der Waals surface area contributed by atoms with E-state index in [9.17, 15) is 14.0 Å². The van der Waals surface area contributed by atoms with Gasteiger partial charge in [-0.1, -0.05) is 0 Å². The molecular formula is C13H13FN2O2. The lowest BCUT2D eigenvalue weighted by atomic mass is 9.90. The average Bonchev–Trinajstić information content (AvgIpc) is 2.40. The van der Waals surface area contributed by atoms with E-state index in [4.69, 9.17) is 0 Å². The second kappa shape index (κ2) is 5.53. The van der Waals surface area contributed by atoms with Crippen LogP contribution in [-0.2, 0) is 9.59 Å². The molecule has 5 heteroatoms. The van der Waals surface area contributed by atoms with Crippen molar-refractivity contribution in [1.82, 2.24) is 9.88 Å². The first kappa shape index (κ1) is 12.4. The van der Waals surface area contributed by atoms with Crippen LogP contribution in [-0.4, -0.2) is 28.2 Å². The Morgan fingerprint density at radius 1 is 1.39 bits per heavy atom. The highest BCUT2D eigenvalue weighted by molar-refractivity contribution is 6.01. The maximum absolute atomic E-state index is 12.2. The molecule has 2 amide bonds. The van der Waals surface area contributed by atoms with E-state index < -0.39 is 0 Å². The predicted molar refractivity (Wildman–Crippen MR) is 63.2 cm³/mol. The summed E-state index contributed by atoms with van der Waals surface area (Å²) in [5.74, 6) is -0.849. The Morgan fingerprint density at radius 3 is 2.78 bits per heavy atom. The van der Waals surface area contributed by atoms with Crippen LogP contribution in [0, 0.1) is 0 Å². The highest BCUT2D eigenvalue weighted by atomic mass is 19.1. The highest BCUT2D eigenvalue weighted by Gasteiger charge is 2.34. The second-order valence-electron chi connectivity index (χ2n) is 4.08. The fraction of sp³-hybridized carbons (Fsp3) is 0.308. The van der Waals surface area contributed by atoms with Crippen LogP contribution in [0.2, 0.25) is 0 Å². The van der Waals surface area contributed by atoms with Gasteiger partial charge in [0.2, 0.25) is 11.8 Å². The van der Waals surface area contributed by atoms with Crippen molar-refractivity contribution in [2.75, 3.05) is 6.54 Å². The Bertz CT molecular complexity index is 473. The molecule has 0 aliphatic carbocycles. The minimum Gasteiger partial charge on any atom is -0.278 e. The van der Waals surface area contributed by atoms with Gasteiger partial charge in [0.05, 0.1) is 12.2 Å². The Morgan fingerprint density at radius 2 is 2.11 bits per heavy atom. The van der Waals surface area contributed by atoms with Crippen LogP contribution in [0.4, 0.5) is 4.39 Å². The number of pyridine rings is 1. The molecule has 0 aromatic carbocycles. The van der Waals surface area contributed by atoms with Crippen LogP contribution >= 0.6 is 0 Å². The smallest absolute Gasteiger partial charge is 0.237 e. The van der Waals surface area contributed by atoms with Gasteiger partial charge in [-0.25, -0.2) is 4.39 Å². The van der Waals surface area contributed by atoms with Crippen molar-refractivity contribution in [1.29, 1.82) is 0 Å². The molecule has 1 aliphatic heterocycles. The highest BCUT2D eigenvalue weighted by Crippen LogP contribution is 2.28. The van der Waals surface area contributed by atoms with E-state index in [-0.39, 0.29) is 24.3 Å². The predicted octanol–water partition coefficient (Wildman–Crippen LogP) is 1.80. The number of carbonyl (C=O) groups is 2. The SMILES string of the molecule is O=C1CCC(c2ccncc2)C(=O)N1CC=CF. The summed E-state index contributed by atoms with van der Waals surface area (Å²) in [6.45, 7) is -0.00422. The summed E-state index contributed by atoms with van der Waals surface area (Å²) < 4.78 is 12.0. The lowest BCUT2D eigenvalue weighted by molar-refractivity contribution is -0.148. The standard InChI is InChI=1S/C13H13FN2O2/c14-6-1-9-16-12(17)3-2-11(13(16)18)10-4-7-15-8-5-10/h1,4-8,11H,2-3,9H2. The normalized spacial score (nSPS) is 20.7. The molecule has 1 fully saturated rings. The van der Waals surface area contributed by atoms with E-state index >= 15 is 0 Å². The van der Waals surface area contributed by atoms with Crippen molar-refractivity contribution >= 4 is 11.8 Å². The van der Waals surface area contributed by atoms with Gasteiger partial charge >= 0.3 is 0 Å². The van der Waals surface area contributed by atoms with Crippen molar-refractivity contribution in [2.24, 2.45) is 0 Å². The van der Waals surface area contributed by atoms with Crippen LogP contribution < -0.4 is 0 Å². The second-order valence-corrected chi connectivity index (χ2v) is 4.08. The zero-order valence-corrected chi connectivity index (χ0v) is 9.75. The number of nitrogens with zero attached hydrogens (tertiary/aromatic N) is 2. The van der Waals surface area contributed by atoms with Crippen molar-refractivity contribution < 1.29 is 14.0 Å². The monoisotopic (exact) mass is 248 g/mol. The summed E-state index contributed by atoms with van der Waals surface area (Å²) >= 11 is 0. The number of rotatable bonds is 3. The number of carbonyl (C=O) groups excluding carboxylic acids is 2. The van der Waals surface area contributed by atoms with Gasteiger partial charge in [-0.05, 0) is 30.2 Å². The number of hydrogen-bond donors (Lipinski definition) is 0. The summed E-state index contributed by atoms with van der Waals surface area (Å²) in [5.41, 5.74) is 0.844. The van der Waals surface area contributed by atoms with Gasteiger partial charge < -0.3 is 0 Å². The van der Waals surface area contributed by atoms with Gasteiger partial charge in [-0.3, -0.25) is 19.5 Å². The molecule has 1 aromatic heterocycles. The fourth-order valence-corrected chi connectivity index (χ4v) is 2.08. The van der Waals surface area contributed by atoms with E-state index in [0.717, 1.165) is 16.5 Å². The summed E-state index contributed by atoms with van der Waals surface area (Å²) in [5, 5.41) is 0. The number of amides is 2.